The van der Waals surface area contributed by atoms with Gasteiger partial charge in [0.25, 0.3) is 5.91 Å². The molecule has 0 heterocycles. The Bertz CT molecular complexity index is 1110. The second-order valence-corrected chi connectivity index (χ2v) is 9.75. The van der Waals surface area contributed by atoms with Crippen LogP contribution in [0.3, 0.4) is 0 Å². The molecule has 8 heteroatoms. The molecule has 0 fully saturated rings. The number of rotatable bonds is 9. The average Bonchev–Trinajstić information content (AvgIpc) is 2.82. The van der Waals surface area contributed by atoms with Crippen molar-refractivity contribution >= 4 is 28.0 Å². The highest BCUT2D eigenvalue weighted by atomic mass is 32.2. The molecule has 176 valence electrons. The monoisotopic (exact) mass is 470 g/mol. The van der Waals surface area contributed by atoms with Crippen molar-refractivity contribution < 1.29 is 22.7 Å². The zero-order valence-electron chi connectivity index (χ0n) is 19.0. The van der Waals surface area contributed by atoms with E-state index in [9.17, 15) is 18.0 Å². The molecule has 0 saturated carbocycles. The van der Waals surface area contributed by atoms with Gasteiger partial charge >= 0.3 is 5.97 Å². The molecule has 0 aliphatic heterocycles. The molecule has 0 radical (unpaired) electrons. The Morgan fingerprint density at radius 3 is 2.48 bits per heavy atom. The number of carbonyl (C=O) groups excluding carboxylic acids is 2. The third kappa shape index (κ3) is 6.30. The highest BCUT2D eigenvalue weighted by Crippen LogP contribution is 2.29. The van der Waals surface area contributed by atoms with E-state index in [2.05, 4.69) is 11.4 Å². The van der Waals surface area contributed by atoms with Gasteiger partial charge in [0.1, 0.15) is 0 Å². The van der Waals surface area contributed by atoms with E-state index < -0.39 is 16.0 Å². The van der Waals surface area contributed by atoms with Gasteiger partial charge in [0, 0.05) is 19.2 Å². The number of benzene rings is 2. The van der Waals surface area contributed by atoms with E-state index in [1.54, 1.807) is 26.0 Å². The number of carbonyl (C=O) groups is 2. The Balaban J connectivity index is 1.51. The molecule has 0 unspecified atom stereocenters. The fraction of sp³-hybridized carbons (Fsp3) is 0.360. The number of amides is 1. The van der Waals surface area contributed by atoms with Crippen LogP contribution >= 0.6 is 0 Å². The van der Waals surface area contributed by atoms with E-state index in [4.69, 9.17) is 4.74 Å². The zero-order valence-corrected chi connectivity index (χ0v) is 19.8. The largest absolute Gasteiger partial charge is 0.452 e. The Morgan fingerprint density at radius 1 is 1.09 bits per heavy atom. The molecule has 2 aromatic carbocycles. The van der Waals surface area contributed by atoms with Gasteiger partial charge in [-0.1, -0.05) is 50.2 Å². The van der Waals surface area contributed by atoms with Gasteiger partial charge in [-0.05, 0) is 54.2 Å². The molecule has 0 bridgehead atoms. The summed E-state index contributed by atoms with van der Waals surface area (Å²) in [4.78, 5) is 24.5. The zero-order chi connectivity index (χ0) is 23.8. The Labute approximate surface area is 195 Å². The number of aryl methyl sites for hydroxylation is 1. The van der Waals surface area contributed by atoms with Crippen molar-refractivity contribution in [3.05, 3.63) is 71.3 Å². The lowest BCUT2D eigenvalue weighted by molar-refractivity contribution is -0.144. The first-order valence-electron chi connectivity index (χ1n) is 11.2. The van der Waals surface area contributed by atoms with Crippen molar-refractivity contribution in [1.29, 1.82) is 0 Å². The predicted molar refractivity (Wildman–Crippen MR) is 127 cm³/mol. The highest BCUT2D eigenvalue weighted by molar-refractivity contribution is 7.89. The van der Waals surface area contributed by atoms with Gasteiger partial charge in [-0.2, -0.15) is 4.31 Å². The van der Waals surface area contributed by atoms with Gasteiger partial charge in [0.05, 0.1) is 10.9 Å². The van der Waals surface area contributed by atoms with Crippen molar-refractivity contribution in [3.63, 3.8) is 0 Å². The molecule has 33 heavy (non-hydrogen) atoms. The average molecular weight is 471 g/mol. The number of ether oxygens (including phenoxy) is 1. The minimum atomic E-state index is -3.53. The maximum atomic E-state index is 12.5. The molecule has 0 spiro atoms. The van der Waals surface area contributed by atoms with Crippen LogP contribution in [0.4, 0.5) is 0 Å². The highest BCUT2D eigenvalue weighted by Gasteiger charge is 2.22. The van der Waals surface area contributed by atoms with E-state index in [-0.39, 0.29) is 23.5 Å². The summed E-state index contributed by atoms with van der Waals surface area (Å²) in [5.41, 5.74) is 3.01. The molecule has 1 amide bonds. The number of nitrogens with zero attached hydrogens (tertiary/aromatic N) is 1. The first-order chi connectivity index (χ1) is 15.8. The summed E-state index contributed by atoms with van der Waals surface area (Å²) < 4.78 is 31.5. The summed E-state index contributed by atoms with van der Waals surface area (Å²) in [7, 11) is -3.53. The molecule has 0 aromatic heterocycles. The second-order valence-electron chi connectivity index (χ2n) is 7.81. The fourth-order valence-corrected chi connectivity index (χ4v) is 5.41. The Hall–Kier alpha value is -2.97. The van der Waals surface area contributed by atoms with Crippen LogP contribution in [0.15, 0.2) is 59.5 Å². The first-order valence-corrected chi connectivity index (χ1v) is 12.6. The molecule has 1 N–H and O–H groups in total. The third-order valence-corrected chi connectivity index (χ3v) is 7.75. The molecular weight excluding hydrogens is 440 g/mol. The third-order valence-electron chi connectivity index (χ3n) is 5.69. The molecular formula is C25H30N2O5S. The number of nitrogens with one attached hydrogen (secondary N) is 1. The maximum Gasteiger partial charge on any atom is 0.331 e. The van der Waals surface area contributed by atoms with Crippen LogP contribution in [-0.4, -0.2) is 44.3 Å². The number of esters is 1. The van der Waals surface area contributed by atoms with Crippen molar-refractivity contribution in [2.24, 2.45) is 0 Å². The van der Waals surface area contributed by atoms with Crippen LogP contribution in [-0.2, 0) is 30.8 Å². The standard InChI is InChI=1S/C25H30N2O5S/c1-3-27(4-2)33(30,31)21-15-12-19(13-16-21)14-17-25(29)32-18-24(28)26-23-11-7-9-20-8-5-6-10-22(20)23/h5-6,8,10,12-17,23H,3-4,7,9,11,18H2,1-2H3,(H,26,28)/b17-14+/t23-/m1/s1. The molecule has 7 nitrogen and oxygen atoms in total. The fourth-order valence-electron chi connectivity index (χ4n) is 3.95. The molecule has 1 aliphatic carbocycles. The molecule has 3 rings (SSSR count). The van der Waals surface area contributed by atoms with Gasteiger partial charge < -0.3 is 10.1 Å². The summed E-state index contributed by atoms with van der Waals surface area (Å²) in [5, 5.41) is 2.94. The van der Waals surface area contributed by atoms with Crippen molar-refractivity contribution in [2.75, 3.05) is 19.7 Å². The summed E-state index contributed by atoms with van der Waals surface area (Å²) in [6.07, 6.45) is 5.60. The number of hydrogen-bond acceptors (Lipinski definition) is 5. The summed E-state index contributed by atoms with van der Waals surface area (Å²) in [6.45, 7) is 4.01. The lowest BCUT2D eigenvalue weighted by atomic mass is 9.88. The van der Waals surface area contributed by atoms with Gasteiger partial charge in [-0.3, -0.25) is 4.79 Å². The van der Waals surface area contributed by atoms with Crippen LogP contribution in [0.2, 0.25) is 0 Å². The van der Waals surface area contributed by atoms with E-state index in [0.29, 0.717) is 18.7 Å². The normalized spacial score (nSPS) is 15.9. The smallest absolute Gasteiger partial charge is 0.331 e. The Morgan fingerprint density at radius 2 is 1.79 bits per heavy atom. The van der Waals surface area contributed by atoms with Gasteiger partial charge in [0.15, 0.2) is 6.61 Å². The number of hydrogen-bond donors (Lipinski definition) is 1. The Kier molecular flexibility index (Phi) is 8.41. The number of sulfonamides is 1. The molecule has 1 atom stereocenters. The number of fused-ring (bicyclic) bond motifs is 1. The predicted octanol–water partition coefficient (Wildman–Crippen LogP) is 3.47. The van der Waals surface area contributed by atoms with Crippen molar-refractivity contribution in [1.82, 2.24) is 9.62 Å². The molecule has 1 aliphatic rings. The van der Waals surface area contributed by atoms with Crippen LogP contribution < -0.4 is 5.32 Å². The van der Waals surface area contributed by atoms with Crippen LogP contribution in [0.5, 0.6) is 0 Å². The minimum Gasteiger partial charge on any atom is -0.452 e. The first kappa shape index (κ1) is 24.7. The summed E-state index contributed by atoms with van der Waals surface area (Å²) in [6, 6.07) is 14.2. The van der Waals surface area contributed by atoms with E-state index >= 15 is 0 Å². The SMILES string of the molecule is CCN(CC)S(=O)(=O)c1ccc(/C=C/C(=O)OCC(=O)N[C@@H]2CCCc3ccccc32)cc1. The van der Waals surface area contributed by atoms with Gasteiger partial charge in [0.2, 0.25) is 10.0 Å². The van der Waals surface area contributed by atoms with Gasteiger partial charge in [-0.25, -0.2) is 13.2 Å². The molecule has 2 aromatic rings. The van der Waals surface area contributed by atoms with E-state index in [0.717, 1.165) is 24.8 Å². The summed E-state index contributed by atoms with van der Waals surface area (Å²) >= 11 is 0. The quantitative estimate of drug-likeness (QED) is 0.448. The summed E-state index contributed by atoms with van der Waals surface area (Å²) in [5.74, 6) is -0.988. The second kappa shape index (κ2) is 11.2. The van der Waals surface area contributed by atoms with Crippen LogP contribution in [0, 0.1) is 0 Å². The van der Waals surface area contributed by atoms with Gasteiger partial charge in [-0.15, -0.1) is 0 Å². The van der Waals surface area contributed by atoms with Crippen LogP contribution in [0.1, 0.15) is 49.4 Å². The van der Waals surface area contributed by atoms with E-state index in [1.165, 1.54) is 34.2 Å². The lowest BCUT2D eigenvalue weighted by Crippen LogP contribution is -2.34. The van der Waals surface area contributed by atoms with Crippen LogP contribution in [0.25, 0.3) is 6.08 Å². The van der Waals surface area contributed by atoms with E-state index in [1.807, 2.05) is 18.2 Å². The van der Waals surface area contributed by atoms with Crippen molar-refractivity contribution in [3.8, 4) is 0 Å². The topological polar surface area (TPSA) is 92.8 Å². The lowest BCUT2D eigenvalue weighted by Gasteiger charge is -2.26. The maximum absolute atomic E-state index is 12.5. The minimum absolute atomic E-state index is 0.0668. The molecule has 0 saturated heterocycles. The van der Waals surface area contributed by atoms with Crippen molar-refractivity contribution in [2.45, 2.75) is 44.0 Å².